The Morgan fingerprint density at radius 3 is 2.83 bits per heavy atom. The molecule has 18 heavy (non-hydrogen) atoms. The number of likely N-dealkylation sites (tertiary alicyclic amines) is 1. The summed E-state index contributed by atoms with van der Waals surface area (Å²) in [7, 11) is 0. The summed E-state index contributed by atoms with van der Waals surface area (Å²) in [6, 6.07) is 0.119. The molecule has 0 unspecified atom stereocenters. The number of alkyl carbamates (subject to hydrolysis) is 1. The van der Waals surface area contributed by atoms with Crippen LogP contribution in [0.3, 0.4) is 0 Å². The second kappa shape index (κ2) is 6.92. The van der Waals surface area contributed by atoms with Gasteiger partial charge in [-0.2, -0.15) is 0 Å². The Balaban J connectivity index is 2.31. The quantitative estimate of drug-likeness (QED) is 0.843. The zero-order chi connectivity index (χ0) is 13.6. The topological polar surface area (TPSA) is 41.6 Å². The number of nitrogens with zero attached hydrogens (tertiary/aromatic N) is 1. The Labute approximate surface area is 109 Å². The molecule has 1 N–H and O–H groups in total. The monoisotopic (exact) mass is 260 g/mol. The van der Waals surface area contributed by atoms with Crippen molar-refractivity contribution in [2.75, 3.05) is 26.3 Å². The SMILES string of the molecule is CC(C)(C)OC(=O)N[C@@H]1CCCN(CCCF)C1. The molecule has 106 valence electrons. The molecule has 0 aromatic heterocycles. The van der Waals surface area contributed by atoms with E-state index in [0.717, 1.165) is 32.5 Å². The Hall–Kier alpha value is -0.840. The van der Waals surface area contributed by atoms with Crippen LogP contribution in [-0.4, -0.2) is 48.9 Å². The molecule has 1 saturated heterocycles. The lowest BCUT2D eigenvalue weighted by Gasteiger charge is -2.33. The molecule has 1 rings (SSSR count). The van der Waals surface area contributed by atoms with Gasteiger partial charge in [-0.3, -0.25) is 4.39 Å². The maximum absolute atomic E-state index is 12.1. The fourth-order valence-corrected chi connectivity index (χ4v) is 2.13. The van der Waals surface area contributed by atoms with Crippen molar-refractivity contribution in [3.8, 4) is 0 Å². The number of rotatable bonds is 4. The van der Waals surface area contributed by atoms with E-state index in [-0.39, 0.29) is 18.8 Å². The van der Waals surface area contributed by atoms with Crippen molar-refractivity contribution in [2.45, 2.75) is 51.7 Å². The Kier molecular flexibility index (Phi) is 5.85. The van der Waals surface area contributed by atoms with Crippen LogP contribution >= 0.6 is 0 Å². The molecule has 0 aromatic rings. The van der Waals surface area contributed by atoms with E-state index in [1.54, 1.807) is 0 Å². The molecular formula is C13H25FN2O2. The summed E-state index contributed by atoms with van der Waals surface area (Å²) in [5, 5.41) is 2.89. The molecule has 5 heteroatoms. The number of alkyl halides is 1. The predicted molar refractivity (Wildman–Crippen MR) is 69.4 cm³/mol. The number of ether oxygens (including phenoxy) is 1. The molecule has 1 fully saturated rings. The van der Waals surface area contributed by atoms with Crippen LogP contribution in [0.25, 0.3) is 0 Å². The average Bonchev–Trinajstić information content (AvgIpc) is 2.24. The molecule has 0 saturated carbocycles. The largest absolute Gasteiger partial charge is 0.444 e. The smallest absolute Gasteiger partial charge is 0.407 e. The number of carbonyl (C=O) groups is 1. The van der Waals surface area contributed by atoms with E-state index in [9.17, 15) is 9.18 Å². The number of nitrogens with one attached hydrogen (secondary N) is 1. The van der Waals surface area contributed by atoms with E-state index in [1.807, 2.05) is 20.8 Å². The summed E-state index contributed by atoms with van der Waals surface area (Å²) in [6.45, 7) is 7.82. The van der Waals surface area contributed by atoms with Gasteiger partial charge in [-0.15, -0.1) is 0 Å². The number of carbonyl (C=O) groups excluding carboxylic acids is 1. The summed E-state index contributed by atoms with van der Waals surface area (Å²) in [5.74, 6) is 0. The molecule has 1 aliphatic rings. The minimum atomic E-state index is -0.466. The van der Waals surface area contributed by atoms with Gasteiger partial charge in [0.15, 0.2) is 0 Å². The molecule has 0 radical (unpaired) electrons. The fraction of sp³-hybridized carbons (Fsp3) is 0.923. The molecule has 0 aromatic carbocycles. The number of hydrogen-bond acceptors (Lipinski definition) is 3. The second-order valence-electron chi connectivity index (χ2n) is 5.83. The second-order valence-corrected chi connectivity index (χ2v) is 5.83. The van der Waals surface area contributed by atoms with Gasteiger partial charge in [0.25, 0.3) is 0 Å². The van der Waals surface area contributed by atoms with Gasteiger partial charge in [0.05, 0.1) is 6.67 Å². The van der Waals surface area contributed by atoms with Gasteiger partial charge in [-0.1, -0.05) is 0 Å². The van der Waals surface area contributed by atoms with Gasteiger partial charge in [0.1, 0.15) is 5.60 Å². The van der Waals surface area contributed by atoms with Gasteiger partial charge >= 0.3 is 6.09 Å². The molecule has 1 amide bonds. The third-order valence-electron chi connectivity index (χ3n) is 2.83. The van der Waals surface area contributed by atoms with Crippen molar-refractivity contribution in [1.82, 2.24) is 10.2 Å². The van der Waals surface area contributed by atoms with E-state index >= 15 is 0 Å². The summed E-state index contributed by atoms with van der Waals surface area (Å²) < 4.78 is 17.4. The lowest BCUT2D eigenvalue weighted by Crippen LogP contribution is -2.49. The van der Waals surface area contributed by atoms with Crippen LogP contribution in [0.2, 0.25) is 0 Å². The molecule has 0 aliphatic carbocycles. The third-order valence-corrected chi connectivity index (χ3v) is 2.83. The number of hydrogen-bond donors (Lipinski definition) is 1. The maximum Gasteiger partial charge on any atom is 0.407 e. The van der Waals surface area contributed by atoms with Crippen molar-refractivity contribution in [3.05, 3.63) is 0 Å². The van der Waals surface area contributed by atoms with E-state index < -0.39 is 5.60 Å². The standard InChI is InChI=1S/C13H25FN2O2/c1-13(2,3)18-12(17)15-11-6-4-8-16(10-11)9-5-7-14/h11H,4-10H2,1-3H3,(H,15,17)/t11-/m1/s1. The van der Waals surface area contributed by atoms with E-state index in [0.29, 0.717) is 6.42 Å². The van der Waals surface area contributed by atoms with E-state index in [4.69, 9.17) is 4.74 Å². The highest BCUT2D eigenvalue weighted by Gasteiger charge is 2.23. The van der Waals surface area contributed by atoms with Crippen molar-refractivity contribution >= 4 is 6.09 Å². The zero-order valence-electron chi connectivity index (χ0n) is 11.7. The number of halogens is 1. The average molecular weight is 260 g/mol. The van der Waals surface area contributed by atoms with Gasteiger partial charge in [0, 0.05) is 19.1 Å². The van der Waals surface area contributed by atoms with Gasteiger partial charge in [-0.05, 0) is 46.6 Å². The van der Waals surface area contributed by atoms with Crippen LogP contribution in [-0.2, 0) is 4.74 Å². The highest BCUT2D eigenvalue weighted by molar-refractivity contribution is 5.68. The predicted octanol–water partition coefficient (Wildman–Crippen LogP) is 2.34. The minimum Gasteiger partial charge on any atom is -0.444 e. The van der Waals surface area contributed by atoms with Crippen molar-refractivity contribution in [2.24, 2.45) is 0 Å². The first-order chi connectivity index (χ1) is 8.40. The summed E-state index contributed by atoms with van der Waals surface area (Å²) in [4.78, 5) is 13.8. The molecule has 0 bridgehead atoms. The van der Waals surface area contributed by atoms with Crippen LogP contribution in [0.4, 0.5) is 9.18 Å². The molecule has 1 atom stereocenters. The molecule has 1 heterocycles. The van der Waals surface area contributed by atoms with Crippen LogP contribution in [0.15, 0.2) is 0 Å². The minimum absolute atomic E-state index is 0.119. The van der Waals surface area contributed by atoms with Crippen LogP contribution < -0.4 is 5.32 Å². The fourth-order valence-electron chi connectivity index (χ4n) is 2.13. The lowest BCUT2D eigenvalue weighted by molar-refractivity contribution is 0.0471. The Morgan fingerprint density at radius 1 is 1.50 bits per heavy atom. The zero-order valence-corrected chi connectivity index (χ0v) is 11.7. The van der Waals surface area contributed by atoms with E-state index in [2.05, 4.69) is 10.2 Å². The maximum atomic E-state index is 12.1. The van der Waals surface area contributed by atoms with Gasteiger partial charge in [-0.25, -0.2) is 4.79 Å². The summed E-state index contributed by atoms with van der Waals surface area (Å²) in [6.07, 6.45) is 2.21. The van der Waals surface area contributed by atoms with Crippen LogP contribution in [0.1, 0.15) is 40.0 Å². The van der Waals surface area contributed by atoms with Gasteiger partial charge in [0.2, 0.25) is 0 Å². The molecular weight excluding hydrogens is 235 g/mol. The molecule has 1 aliphatic heterocycles. The summed E-state index contributed by atoms with van der Waals surface area (Å²) in [5.41, 5.74) is -0.466. The highest BCUT2D eigenvalue weighted by Crippen LogP contribution is 2.12. The van der Waals surface area contributed by atoms with Crippen LogP contribution in [0, 0.1) is 0 Å². The Morgan fingerprint density at radius 2 is 2.22 bits per heavy atom. The lowest BCUT2D eigenvalue weighted by atomic mass is 10.1. The highest BCUT2D eigenvalue weighted by atomic mass is 19.1. The van der Waals surface area contributed by atoms with E-state index in [1.165, 1.54) is 0 Å². The van der Waals surface area contributed by atoms with Gasteiger partial charge < -0.3 is 15.0 Å². The first-order valence-electron chi connectivity index (χ1n) is 6.68. The number of amides is 1. The van der Waals surface area contributed by atoms with Crippen molar-refractivity contribution < 1.29 is 13.9 Å². The summed E-state index contributed by atoms with van der Waals surface area (Å²) >= 11 is 0. The first kappa shape index (κ1) is 15.2. The Bertz CT molecular complexity index is 266. The number of piperidine rings is 1. The molecule has 4 nitrogen and oxygen atoms in total. The van der Waals surface area contributed by atoms with Crippen molar-refractivity contribution in [3.63, 3.8) is 0 Å². The van der Waals surface area contributed by atoms with Crippen LogP contribution in [0.5, 0.6) is 0 Å². The first-order valence-corrected chi connectivity index (χ1v) is 6.68. The normalized spacial score (nSPS) is 21.7. The van der Waals surface area contributed by atoms with Crippen molar-refractivity contribution in [1.29, 1.82) is 0 Å². The molecule has 0 spiro atoms. The third kappa shape index (κ3) is 6.19.